The van der Waals surface area contributed by atoms with E-state index < -0.39 is 0 Å². The second-order valence-corrected chi connectivity index (χ2v) is 5.42. The number of hydrogen-bond acceptors (Lipinski definition) is 4. The fourth-order valence-electron chi connectivity index (χ4n) is 2.43. The average Bonchev–Trinajstić information content (AvgIpc) is 2.30. The van der Waals surface area contributed by atoms with E-state index in [9.17, 15) is 0 Å². The fraction of sp³-hybridized carbons (Fsp3) is 1.00. The van der Waals surface area contributed by atoms with Gasteiger partial charge in [-0.1, -0.05) is 13.8 Å². The molecule has 116 valence electrons. The van der Waals surface area contributed by atoms with Crippen LogP contribution in [0.15, 0.2) is 0 Å². The summed E-state index contributed by atoms with van der Waals surface area (Å²) in [5.41, 5.74) is 0. The maximum Gasteiger partial charge on any atom is 0.0678 e. The molecule has 0 radical (unpaired) electrons. The summed E-state index contributed by atoms with van der Waals surface area (Å²) in [7, 11) is 4.26. The van der Waals surface area contributed by atoms with E-state index >= 15 is 0 Å². The monoisotopic (exact) mass is 274 g/mol. The predicted octanol–water partition coefficient (Wildman–Crippen LogP) is 2.09. The molecule has 0 saturated carbocycles. The van der Waals surface area contributed by atoms with Crippen molar-refractivity contribution < 1.29 is 9.47 Å². The van der Waals surface area contributed by atoms with Crippen LogP contribution in [-0.4, -0.2) is 75.0 Å². The number of morpholine rings is 2. The van der Waals surface area contributed by atoms with Crippen molar-refractivity contribution in [3.05, 3.63) is 0 Å². The van der Waals surface area contributed by atoms with Gasteiger partial charge in [-0.05, 0) is 34.9 Å². The maximum atomic E-state index is 5.51. The number of ether oxygens (including phenoxy) is 2. The Morgan fingerprint density at radius 1 is 0.789 bits per heavy atom. The van der Waals surface area contributed by atoms with Crippen LogP contribution in [0.2, 0.25) is 0 Å². The molecule has 0 bridgehead atoms. The number of nitrogens with zero attached hydrogens (tertiary/aromatic N) is 2. The normalized spacial score (nSPS) is 32.7. The van der Waals surface area contributed by atoms with Gasteiger partial charge in [-0.3, -0.25) is 0 Å². The summed E-state index contributed by atoms with van der Waals surface area (Å²) in [6, 6.07) is 0. The minimum atomic E-state index is 0.416. The summed E-state index contributed by atoms with van der Waals surface area (Å²) in [5.74, 6) is 0. The molecule has 3 atom stereocenters. The van der Waals surface area contributed by atoms with E-state index in [-0.39, 0.29) is 0 Å². The van der Waals surface area contributed by atoms with Gasteiger partial charge >= 0.3 is 0 Å². The molecule has 0 aromatic carbocycles. The van der Waals surface area contributed by atoms with Gasteiger partial charge in [-0.2, -0.15) is 0 Å². The van der Waals surface area contributed by atoms with E-state index in [1.807, 2.05) is 13.8 Å². The molecule has 3 unspecified atom stereocenters. The second-order valence-electron chi connectivity index (χ2n) is 5.42. The summed E-state index contributed by atoms with van der Waals surface area (Å²) in [6.45, 7) is 15.6. The van der Waals surface area contributed by atoms with Gasteiger partial charge < -0.3 is 19.3 Å². The third-order valence-corrected chi connectivity index (χ3v) is 3.05. The lowest BCUT2D eigenvalue weighted by Gasteiger charge is -2.32. The van der Waals surface area contributed by atoms with Crippen molar-refractivity contribution in [2.24, 2.45) is 0 Å². The minimum Gasteiger partial charge on any atom is -0.376 e. The smallest absolute Gasteiger partial charge is 0.0678 e. The summed E-state index contributed by atoms with van der Waals surface area (Å²) >= 11 is 0. The predicted molar refractivity (Wildman–Crippen MR) is 81.8 cm³/mol. The van der Waals surface area contributed by atoms with Crippen molar-refractivity contribution in [3.8, 4) is 0 Å². The molecule has 4 nitrogen and oxygen atoms in total. The summed E-state index contributed by atoms with van der Waals surface area (Å²) in [5, 5.41) is 0. The highest BCUT2D eigenvalue weighted by Gasteiger charge is 2.18. The molecule has 2 aliphatic heterocycles. The molecule has 2 rings (SSSR count). The van der Waals surface area contributed by atoms with Gasteiger partial charge in [0.25, 0.3) is 0 Å². The Morgan fingerprint density at radius 3 is 1.58 bits per heavy atom. The van der Waals surface area contributed by atoms with Crippen LogP contribution in [0.1, 0.15) is 34.6 Å². The van der Waals surface area contributed by atoms with Crippen molar-refractivity contribution in [1.29, 1.82) is 0 Å². The SMILES string of the molecule is CC.CC1CN(C)CC(C)O1.CC1CN(C)CCO1. The zero-order chi connectivity index (χ0) is 14.8. The Balaban J connectivity index is 0.000000303. The Bertz CT molecular complexity index is 181. The maximum absolute atomic E-state index is 5.51. The van der Waals surface area contributed by atoms with Crippen LogP contribution in [0, 0.1) is 0 Å². The van der Waals surface area contributed by atoms with Gasteiger partial charge in [0.1, 0.15) is 0 Å². The van der Waals surface area contributed by atoms with Gasteiger partial charge in [0.2, 0.25) is 0 Å². The highest BCUT2D eigenvalue weighted by Crippen LogP contribution is 2.07. The van der Waals surface area contributed by atoms with Crippen molar-refractivity contribution >= 4 is 0 Å². The minimum absolute atomic E-state index is 0.416. The third kappa shape index (κ3) is 9.38. The number of hydrogen-bond donors (Lipinski definition) is 0. The molecule has 2 aliphatic rings. The molecular formula is C15H34N2O2. The van der Waals surface area contributed by atoms with Crippen LogP contribution in [0.4, 0.5) is 0 Å². The Hall–Kier alpha value is -0.160. The average molecular weight is 274 g/mol. The zero-order valence-corrected chi connectivity index (χ0v) is 14.0. The van der Waals surface area contributed by atoms with Gasteiger partial charge in [0.15, 0.2) is 0 Å². The summed E-state index contributed by atoms with van der Waals surface area (Å²) in [4.78, 5) is 4.59. The van der Waals surface area contributed by atoms with Crippen LogP contribution >= 0.6 is 0 Å². The lowest BCUT2D eigenvalue weighted by Crippen LogP contribution is -2.42. The second kappa shape index (κ2) is 10.6. The fourth-order valence-corrected chi connectivity index (χ4v) is 2.43. The van der Waals surface area contributed by atoms with Gasteiger partial charge in [0, 0.05) is 26.2 Å². The van der Waals surface area contributed by atoms with Crippen LogP contribution in [0.5, 0.6) is 0 Å². The molecule has 2 saturated heterocycles. The Morgan fingerprint density at radius 2 is 1.26 bits per heavy atom. The lowest BCUT2D eigenvalue weighted by molar-refractivity contribution is -0.0602. The molecule has 0 aromatic heterocycles. The van der Waals surface area contributed by atoms with Gasteiger partial charge in [-0.15, -0.1) is 0 Å². The topological polar surface area (TPSA) is 24.9 Å². The standard InChI is InChI=1S/C7H15NO.C6H13NO.C2H6/c1-6-4-8(3)5-7(2)9-6;1-6-5-7(2)3-4-8-6;1-2/h6-7H,4-5H2,1-3H3;6H,3-5H2,1-2H3;1-2H3. The molecule has 0 N–H and O–H groups in total. The van der Waals surface area contributed by atoms with Crippen molar-refractivity contribution in [2.45, 2.75) is 52.9 Å². The Labute approximate surface area is 120 Å². The Kier molecular flexibility index (Phi) is 10.5. The number of likely N-dealkylation sites (N-methyl/N-ethyl adjacent to an activating group) is 2. The zero-order valence-electron chi connectivity index (χ0n) is 14.0. The molecule has 0 aromatic rings. The van der Waals surface area contributed by atoms with Crippen molar-refractivity contribution in [3.63, 3.8) is 0 Å². The van der Waals surface area contributed by atoms with E-state index in [0.717, 1.165) is 32.8 Å². The molecule has 2 fully saturated rings. The van der Waals surface area contributed by atoms with Gasteiger partial charge in [-0.25, -0.2) is 0 Å². The van der Waals surface area contributed by atoms with E-state index in [4.69, 9.17) is 9.47 Å². The molecule has 2 heterocycles. The van der Waals surface area contributed by atoms with Crippen molar-refractivity contribution in [1.82, 2.24) is 9.80 Å². The molecule has 0 amide bonds. The highest BCUT2D eigenvalue weighted by molar-refractivity contribution is 4.69. The molecule has 19 heavy (non-hydrogen) atoms. The van der Waals surface area contributed by atoms with E-state index in [2.05, 4.69) is 44.7 Å². The van der Waals surface area contributed by atoms with E-state index in [1.165, 1.54) is 0 Å². The van der Waals surface area contributed by atoms with E-state index in [0.29, 0.717) is 18.3 Å². The van der Waals surface area contributed by atoms with Crippen LogP contribution < -0.4 is 0 Å². The third-order valence-electron chi connectivity index (χ3n) is 3.05. The van der Waals surface area contributed by atoms with Gasteiger partial charge in [0.05, 0.1) is 24.9 Å². The molecule has 0 aliphatic carbocycles. The van der Waals surface area contributed by atoms with Crippen LogP contribution in [-0.2, 0) is 9.47 Å². The van der Waals surface area contributed by atoms with Crippen molar-refractivity contribution in [2.75, 3.05) is 46.9 Å². The molecule has 0 spiro atoms. The molecular weight excluding hydrogens is 240 g/mol. The van der Waals surface area contributed by atoms with E-state index in [1.54, 1.807) is 0 Å². The lowest BCUT2D eigenvalue weighted by atomic mass is 10.2. The van der Waals surface area contributed by atoms with Crippen LogP contribution in [0.3, 0.4) is 0 Å². The first kappa shape index (κ1) is 18.8. The highest BCUT2D eigenvalue weighted by atomic mass is 16.5. The summed E-state index contributed by atoms with van der Waals surface area (Å²) in [6.07, 6.45) is 1.27. The first-order valence-electron chi connectivity index (χ1n) is 7.61. The van der Waals surface area contributed by atoms with Crippen LogP contribution in [0.25, 0.3) is 0 Å². The quantitative estimate of drug-likeness (QED) is 0.675. The largest absolute Gasteiger partial charge is 0.376 e. The first-order valence-corrected chi connectivity index (χ1v) is 7.61. The summed E-state index contributed by atoms with van der Waals surface area (Å²) < 4.78 is 10.8. The number of rotatable bonds is 0. The molecule has 4 heteroatoms. The first-order chi connectivity index (χ1) is 8.97.